The molecule has 0 N–H and O–H groups in total. The van der Waals surface area contributed by atoms with Gasteiger partial charge in [0.25, 0.3) is 0 Å². The quantitative estimate of drug-likeness (QED) is 0.569. The molecule has 0 radical (unpaired) electrons. The molecule has 0 atom stereocenters. The molecular weight excluding hydrogens is 221 g/mol. The summed E-state index contributed by atoms with van der Waals surface area (Å²) in [6.45, 7) is 0. The van der Waals surface area contributed by atoms with E-state index in [1.54, 1.807) is 0 Å². The first kappa shape index (κ1) is 10.3. The van der Waals surface area contributed by atoms with Gasteiger partial charge in [-0.25, -0.2) is 0 Å². The maximum absolute atomic E-state index is 12.0. The fourth-order valence-electron chi connectivity index (χ4n) is 0.486. The van der Waals surface area contributed by atoms with Crippen LogP contribution in [-0.2, 0) is 6.18 Å². The molecule has 0 bridgehead atoms. The van der Waals surface area contributed by atoms with Gasteiger partial charge in [-0.05, 0) is 0 Å². The van der Waals surface area contributed by atoms with Crippen molar-refractivity contribution in [3.8, 4) is 12.3 Å². The van der Waals surface area contributed by atoms with Crippen molar-refractivity contribution >= 4 is 23.1 Å². The van der Waals surface area contributed by atoms with Crippen LogP contribution in [0, 0.1) is 12.3 Å². The third kappa shape index (κ3) is 2.90. The molecule has 0 unspecified atom stereocenters. The molecule has 0 spiro atoms. The van der Waals surface area contributed by atoms with Crippen LogP contribution in [0.4, 0.5) is 13.2 Å². The zero-order valence-electron chi connectivity index (χ0n) is 6.13. The fourth-order valence-corrected chi connectivity index (χ4v) is 1.89. The Bertz CT molecular complexity index is 325. The molecule has 0 saturated carbocycles. The summed E-state index contributed by atoms with van der Waals surface area (Å²) in [5, 5.41) is 5.39. The molecule has 1 aromatic rings. The summed E-state index contributed by atoms with van der Waals surface area (Å²) < 4.78 is 36.2. The van der Waals surface area contributed by atoms with Crippen LogP contribution in [0.2, 0.25) is 0 Å². The van der Waals surface area contributed by atoms with Crippen LogP contribution >= 0.6 is 23.1 Å². The van der Waals surface area contributed by atoms with Crippen molar-refractivity contribution in [2.24, 2.45) is 0 Å². The van der Waals surface area contributed by atoms with Crippen LogP contribution in [0.5, 0.6) is 0 Å². The molecule has 7 heteroatoms. The Morgan fingerprint density at radius 3 is 2.62 bits per heavy atom. The van der Waals surface area contributed by atoms with E-state index in [4.69, 9.17) is 6.42 Å². The van der Waals surface area contributed by atoms with Crippen LogP contribution in [0.1, 0.15) is 5.01 Å². The molecule has 13 heavy (non-hydrogen) atoms. The van der Waals surface area contributed by atoms with Crippen molar-refractivity contribution < 1.29 is 13.2 Å². The number of halogens is 3. The normalized spacial score (nSPS) is 11.2. The first-order chi connectivity index (χ1) is 6.04. The first-order valence-corrected chi connectivity index (χ1v) is 4.81. The highest BCUT2D eigenvalue weighted by Crippen LogP contribution is 2.34. The van der Waals surface area contributed by atoms with E-state index in [-0.39, 0.29) is 4.34 Å². The second kappa shape index (κ2) is 3.98. The lowest BCUT2D eigenvalue weighted by molar-refractivity contribution is -0.138. The topological polar surface area (TPSA) is 25.8 Å². The summed E-state index contributed by atoms with van der Waals surface area (Å²) in [5.41, 5.74) is 0. The van der Waals surface area contributed by atoms with Crippen LogP contribution in [0.15, 0.2) is 4.34 Å². The van der Waals surface area contributed by atoms with Gasteiger partial charge in [0, 0.05) is 0 Å². The van der Waals surface area contributed by atoms with Gasteiger partial charge in [0.05, 0.1) is 5.75 Å². The lowest BCUT2D eigenvalue weighted by atomic mass is 10.7. The van der Waals surface area contributed by atoms with Crippen molar-refractivity contribution in [3.05, 3.63) is 5.01 Å². The summed E-state index contributed by atoms with van der Waals surface area (Å²) in [5.74, 6) is 2.58. The molecule has 2 nitrogen and oxygen atoms in total. The van der Waals surface area contributed by atoms with Crippen LogP contribution < -0.4 is 0 Å². The van der Waals surface area contributed by atoms with Crippen LogP contribution in [-0.4, -0.2) is 16.0 Å². The van der Waals surface area contributed by atoms with Crippen LogP contribution in [0.25, 0.3) is 0 Å². The molecule has 0 aromatic carbocycles. The minimum Gasteiger partial charge on any atom is -0.164 e. The summed E-state index contributed by atoms with van der Waals surface area (Å²) in [4.78, 5) is 0. The fraction of sp³-hybridized carbons (Fsp3) is 0.333. The van der Waals surface area contributed by atoms with Gasteiger partial charge in [-0.2, -0.15) is 13.2 Å². The Hall–Kier alpha value is -0.740. The van der Waals surface area contributed by atoms with Crippen molar-refractivity contribution in [1.82, 2.24) is 10.2 Å². The molecule has 0 fully saturated rings. The van der Waals surface area contributed by atoms with Gasteiger partial charge in [-0.3, -0.25) is 0 Å². The van der Waals surface area contributed by atoms with Crippen molar-refractivity contribution in [1.29, 1.82) is 0 Å². The van der Waals surface area contributed by atoms with E-state index in [9.17, 15) is 13.2 Å². The van der Waals surface area contributed by atoms with Gasteiger partial charge in [0.15, 0.2) is 4.34 Å². The SMILES string of the molecule is C#CCSc1nnc(C(F)(F)F)s1. The zero-order chi connectivity index (χ0) is 9.90. The predicted molar refractivity (Wildman–Crippen MR) is 44.5 cm³/mol. The third-order valence-electron chi connectivity index (χ3n) is 0.928. The molecule has 1 heterocycles. The summed E-state index contributed by atoms with van der Waals surface area (Å²) in [6, 6.07) is 0. The van der Waals surface area contributed by atoms with E-state index in [1.165, 1.54) is 0 Å². The van der Waals surface area contributed by atoms with Gasteiger partial charge >= 0.3 is 6.18 Å². The highest BCUT2D eigenvalue weighted by atomic mass is 32.2. The summed E-state index contributed by atoms with van der Waals surface area (Å²) in [6.07, 6.45) is 0.522. The summed E-state index contributed by atoms with van der Waals surface area (Å²) >= 11 is 1.57. The van der Waals surface area contributed by atoms with E-state index >= 15 is 0 Å². The molecule has 0 aliphatic rings. The molecule has 0 amide bonds. The van der Waals surface area contributed by atoms with E-state index in [0.717, 1.165) is 11.8 Å². The lowest BCUT2D eigenvalue weighted by Crippen LogP contribution is -2.03. The number of alkyl halides is 3. The van der Waals surface area contributed by atoms with Gasteiger partial charge in [-0.15, -0.1) is 16.6 Å². The maximum Gasteiger partial charge on any atom is 0.445 e. The first-order valence-electron chi connectivity index (χ1n) is 3.01. The monoisotopic (exact) mass is 224 g/mol. The second-order valence-electron chi connectivity index (χ2n) is 1.86. The number of aromatic nitrogens is 2. The zero-order valence-corrected chi connectivity index (χ0v) is 7.76. The number of rotatable bonds is 2. The van der Waals surface area contributed by atoms with E-state index in [1.807, 2.05) is 0 Å². The molecule has 0 aliphatic heterocycles. The van der Waals surface area contributed by atoms with E-state index < -0.39 is 11.2 Å². The molecule has 1 aromatic heterocycles. The predicted octanol–water partition coefficient (Wildman–Crippen LogP) is 2.28. The van der Waals surface area contributed by atoms with E-state index in [2.05, 4.69) is 16.1 Å². The smallest absolute Gasteiger partial charge is 0.164 e. The largest absolute Gasteiger partial charge is 0.445 e. The Morgan fingerprint density at radius 2 is 2.15 bits per heavy atom. The summed E-state index contributed by atoms with van der Waals surface area (Å²) in [7, 11) is 0. The average molecular weight is 224 g/mol. The average Bonchev–Trinajstić information content (AvgIpc) is 2.47. The Balaban J connectivity index is 2.71. The molecule has 0 saturated heterocycles. The van der Waals surface area contributed by atoms with Crippen LogP contribution in [0.3, 0.4) is 0 Å². The molecule has 70 valence electrons. The minimum absolute atomic E-state index is 0.241. The standard InChI is InChI=1S/C6H3F3N2S2/c1-2-3-12-5-11-10-4(13-5)6(7,8)9/h1H,3H2. The van der Waals surface area contributed by atoms with Crippen molar-refractivity contribution in [3.63, 3.8) is 0 Å². The van der Waals surface area contributed by atoms with Gasteiger partial charge in [0.2, 0.25) is 5.01 Å². The second-order valence-corrected chi connectivity index (χ2v) is 4.06. The molecule has 1 rings (SSSR count). The number of hydrogen-bond acceptors (Lipinski definition) is 4. The number of hydrogen-bond donors (Lipinski definition) is 0. The van der Waals surface area contributed by atoms with Gasteiger partial charge < -0.3 is 0 Å². The Morgan fingerprint density at radius 1 is 1.46 bits per heavy atom. The molecular formula is C6H3F3N2S2. The van der Waals surface area contributed by atoms with Gasteiger partial charge in [0.1, 0.15) is 0 Å². The molecule has 0 aliphatic carbocycles. The van der Waals surface area contributed by atoms with Gasteiger partial charge in [-0.1, -0.05) is 29.0 Å². The number of nitrogens with zero attached hydrogens (tertiary/aromatic N) is 2. The lowest BCUT2D eigenvalue weighted by Gasteiger charge is -1.97. The highest BCUT2D eigenvalue weighted by Gasteiger charge is 2.35. The van der Waals surface area contributed by atoms with Crippen molar-refractivity contribution in [2.45, 2.75) is 10.5 Å². The highest BCUT2D eigenvalue weighted by molar-refractivity contribution is 8.01. The number of thioether (sulfide) groups is 1. The van der Waals surface area contributed by atoms with Crippen molar-refractivity contribution in [2.75, 3.05) is 5.75 Å². The van der Waals surface area contributed by atoms with E-state index in [0.29, 0.717) is 17.1 Å². The maximum atomic E-state index is 12.0. The third-order valence-corrected chi connectivity index (χ3v) is 2.93. The number of terminal acetylenes is 1. The Kier molecular flexibility index (Phi) is 3.17. The minimum atomic E-state index is -4.41. The Labute approximate surface area is 80.6 Å².